The highest BCUT2D eigenvalue weighted by Gasteiger charge is 2.18. The maximum Gasteiger partial charge on any atom is 0.347 e. The molecule has 0 aliphatic heterocycles. The molecule has 5 heteroatoms. The zero-order valence-corrected chi connectivity index (χ0v) is 8.60. The summed E-state index contributed by atoms with van der Waals surface area (Å²) in [6, 6.07) is 0. The topological polar surface area (TPSA) is 66.1 Å². The van der Waals surface area contributed by atoms with Gasteiger partial charge in [-0.25, -0.2) is 4.79 Å². The maximum atomic E-state index is 10.8. The molecular formula is C8H12N2O2S. The van der Waals surface area contributed by atoms with Gasteiger partial charge in [-0.3, -0.25) is 5.41 Å². The van der Waals surface area contributed by atoms with Gasteiger partial charge in [-0.05, 0) is 5.92 Å². The first kappa shape index (κ1) is 9.98. The summed E-state index contributed by atoms with van der Waals surface area (Å²) in [5.41, 5.74) is 0.725. The van der Waals surface area contributed by atoms with Crippen LogP contribution in [0.15, 0.2) is 0 Å². The lowest BCUT2D eigenvalue weighted by Crippen LogP contribution is -2.13. The first-order chi connectivity index (χ1) is 5.95. The van der Waals surface area contributed by atoms with Gasteiger partial charge in [-0.1, -0.05) is 25.2 Å². The molecule has 0 saturated carbocycles. The molecule has 0 spiro atoms. The highest BCUT2D eigenvalue weighted by molar-refractivity contribution is 7.11. The maximum absolute atomic E-state index is 10.8. The lowest BCUT2D eigenvalue weighted by Gasteiger charge is -2.06. The number of rotatable bonds is 2. The standard InChI is InChI=1S/C8H12N2O2S/c1-4(2)5-6(7(11)12)13-8(9)10(5)3/h4,9H,1-3H3,(H,11,12). The van der Waals surface area contributed by atoms with Gasteiger partial charge in [0.05, 0.1) is 0 Å². The normalized spacial score (nSPS) is 10.8. The predicted molar refractivity (Wildman–Crippen MR) is 50.2 cm³/mol. The smallest absolute Gasteiger partial charge is 0.347 e. The van der Waals surface area contributed by atoms with Crippen LogP contribution >= 0.6 is 11.3 Å². The molecule has 1 aromatic heterocycles. The highest BCUT2D eigenvalue weighted by Crippen LogP contribution is 2.20. The fourth-order valence-electron chi connectivity index (χ4n) is 1.28. The van der Waals surface area contributed by atoms with Crippen molar-refractivity contribution in [2.75, 3.05) is 0 Å². The molecule has 1 heterocycles. The van der Waals surface area contributed by atoms with Gasteiger partial charge >= 0.3 is 5.97 Å². The van der Waals surface area contributed by atoms with E-state index in [1.807, 2.05) is 13.8 Å². The van der Waals surface area contributed by atoms with Crippen molar-refractivity contribution in [2.24, 2.45) is 7.05 Å². The minimum absolute atomic E-state index is 0.131. The van der Waals surface area contributed by atoms with E-state index in [-0.39, 0.29) is 15.6 Å². The minimum Gasteiger partial charge on any atom is -0.477 e. The monoisotopic (exact) mass is 200 g/mol. The van der Waals surface area contributed by atoms with Crippen LogP contribution in [-0.4, -0.2) is 15.6 Å². The number of carboxylic acids is 1. The number of hydrogen-bond donors (Lipinski definition) is 2. The number of thiazole rings is 1. The summed E-state index contributed by atoms with van der Waals surface area (Å²) in [5, 5.41) is 16.4. The van der Waals surface area contributed by atoms with E-state index in [0.717, 1.165) is 17.0 Å². The van der Waals surface area contributed by atoms with Crippen LogP contribution in [0.25, 0.3) is 0 Å². The van der Waals surface area contributed by atoms with Crippen LogP contribution in [-0.2, 0) is 7.05 Å². The Bertz CT molecular complexity index is 389. The number of hydrogen-bond acceptors (Lipinski definition) is 3. The Hall–Kier alpha value is -1.10. The van der Waals surface area contributed by atoms with Crippen molar-refractivity contribution in [1.82, 2.24) is 4.57 Å². The van der Waals surface area contributed by atoms with E-state index in [1.165, 1.54) is 0 Å². The van der Waals surface area contributed by atoms with Gasteiger partial charge in [-0.2, -0.15) is 0 Å². The van der Waals surface area contributed by atoms with E-state index in [9.17, 15) is 4.79 Å². The Morgan fingerprint density at radius 3 is 2.46 bits per heavy atom. The largest absolute Gasteiger partial charge is 0.477 e. The van der Waals surface area contributed by atoms with Crippen LogP contribution in [0.5, 0.6) is 0 Å². The molecule has 0 aromatic carbocycles. The lowest BCUT2D eigenvalue weighted by molar-refractivity contribution is 0.0700. The third-order valence-electron chi connectivity index (χ3n) is 1.84. The van der Waals surface area contributed by atoms with Crippen LogP contribution in [0.4, 0.5) is 0 Å². The average Bonchev–Trinajstić information content (AvgIpc) is 2.28. The lowest BCUT2D eigenvalue weighted by atomic mass is 10.1. The Morgan fingerprint density at radius 1 is 1.62 bits per heavy atom. The molecule has 72 valence electrons. The van der Waals surface area contributed by atoms with E-state index < -0.39 is 5.97 Å². The summed E-state index contributed by atoms with van der Waals surface area (Å²) in [6.45, 7) is 3.85. The van der Waals surface area contributed by atoms with Crippen LogP contribution in [0.1, 0.15) is 35.1 Å². The third kappa shape index (κ3) is 1.65. The molecule has 0 aliphatic rings. The summed E-state index contributed by atoms with van der Waals surface area (Å²) in [5.74, 6) is -0.811. The zero-order valence-electron chi connectivity index (χ0n) is 7.79. The van der Waals surface area contributed by atoms with Crippen LogP contribution in [0.3, 0.4) is 0 Å². The number of carboxylic acid groups (broad SMARTS) is 1. The third-order valence-corrected chi connectivity index (χ3v) is 2.89. The molecule has 4 nitrogen and oxygen atoms in total. The summed E-state index contributed by atoms with van der Waals surface area (Å²) in [6.07, 6.45) is 0. The molecule has 0 bridgehead atoms. The van der Waals surface area contributed by atoms with Gasteiger partial charge in [0, 0.05) is 12.7 Å². The Balaban J connectivity index is 3.44. The number of aromatic carboxylic acids is 1. The number of nitrogens with one attached hydrogen (secondary N) is 1. The average molecular weight is 200 g/mol. The predicted octanol–water partition coefficient (Wildman–Crippen LogP) is 1.39. The van der Waals surface area contributed by atoms with E-state index in [2.05, 4.69) is 0 Å². The van der Waals surface area contributed by atoms with Crippen LogP contribution in [0.2, 0.25) is 0 Å². The minimum atomic E-state index is -0.942. The van der Waals surface area contributed by atoms with Crippen LogP contribution < -0.4 is 4.80 Å². The molecule has 1 rings (SSSR count). The molecule has 0 fully saturated rings. The second kappa shape index (κ2) is 3.33. The van der Waals surface area contributed by atoms with Crippen molar-refractivity contribution >= 4 is 17.3 Å². The van der Waals surface area contributed by atoms with Crippen molar-refractivity contribution < 1.29 is 9.90 Å². The van der Waals surface area contributed by atoms with E-state index >= 15 is 0 Å². The van der Waals surface area contributed by atoms with Gasteiger partial charge in [0.1, 0.15) is 4.88 Å². The number of nitrogens with zero attached hydrogens (tertiary/aromatic N) is 1. The summed E-state index contributed by atoms with van der Waals surface area (Å²) < 4.78 is 1.62. The van der Waals surface area contributed by atoms with Crippen molar-refractivity contribution in [3.8, 4) is 0 Å². The molecule has 13 heavy (non-hydrogen) atoms. The van der Waals surface area contributed by atoms with Gasteiger partial charge in [0.2, 0.25) is 0 Å². The second-order valence-corrected chi connectivity index (χ2v) is 4.14. The van der Waals surface area contributed by atoms with Crippen LogP contribution in [0, 0.1) is 5.41 Å². The van der Waals surface area contributed by atoms with E-state index in [1.54, 1.807) is 11.6 Å². The number of carbonyl (C=O) groups is 1. The fourth-order valence-corrected chi connectivity index (χ4v) is 2.27. The van der Waals surface area contributed by atoms with E-state index in [4.69, 9.17) is 10.5 Å². The first-order valence-electron chi connectivity index (χ1n) is 3.92. The summed E-state index contributed by atoms with van der Waals surface area (Å²) >= 11 is 1.01. The Labute approximate surface area is 80.0 Å². The van der Waals surface area contributed by atoms with E-state index in [0.29, 0.717) is 0 Å². The summed E-state index contributed by atoms with van der Waals surface area (Å²) in [4.78, 5) is 11.4. The van der Waals surface area contributed by atoms with Crippen molar-refractivity contribution in [3.05, 3.63) is 15.4 Å². The summed E-state index contributed by atoms with van der Waals surface area (Å²) in [7, 11) is 1.72. The molecule has 0 radical (unpaired) electrons. The second-order valence-electron chi connectivity index (χ2n) is 3.14. The molecule has 2 N–H and O–H groups in total. The first-order valence-corrected chi connectivity index (χ1v) is 4.74. The molecular weight excluding hydrogens is 188 g/mol. The number of aromatic nitrogens is 1. The highest BCUT2D eigenvalue weighted by atomic mass is 32.1. The van der Waals surface area contributed by atoms with Crippen molar-refractivity contribution in [1.29, 1.82) is 5.41 Å². The molecule has 0 amide bonds. The molecule has 0 unspecified atom stereocenters. The van der Waals surface area contributed by atoms with Crippen molar-refractivity contribution in [2.45, 2.75) is 19.8 Å². The molecule has 1 aromatic rings. The van der Waals surface area contributed by atoms with Gasteiger partial charge < -0.3 is 9.67 Å². The van der Waals surface area contributed by atoms with Gasteiger partial charge in [0.25, 0.3) is 0 Å². The quantitative estimate of drug-likeness (QED) is 0.757. The molecule has 0 atom stereocenters. The fraction of sp³-hybridized carbons (Fsp3) is 0.500. The molecule has 0 saturated heterocycles. The zero-order chi connectivity index (χ0) is 10.2. The van der Waals surface area contributed by atoms with Gasteiger partial charge in [-0.15, -0.1) is 0 Å². The Kier molecular flexibility index (Phi) is 2.56. The molecule has 0 aliphatic carbocycles. The Morgan fingerprint density at radius 2 is 2.15 bits per heavy atom. The van der Waals surface area contributed by atoms with Crippen molar-refractivity contribution in [3.63, 3.8) is 0 Å². The SMILES string of the molecule is CC(C)c1c(C(=O)O)sc(=N)n1C. The van der Waals surface area contributed by atoms with Gasteiger partial charge in [0.15, 0.2) is 4.80 Å².